The maximum Gasteiger partial charge on any atom is 0.337 e. The molecule has 1 heterocycles. The molecular formula is C20H19F3N2O4. The molecule has 0 radical (unpaired) electrons. The molecule has 1 aromatic rings. The van der Waals surface area contributed by atoms with Crippen LogP contribution in [0, 0.1) is 23.0 Å². The van der Waals surface area contributed by atoms with Gasteiger partial charge in [-0.15, -0.1) is 0 Å². The highest BCUT2D eigenvalue weighted by Gasteiger charge is 2.42. The molecule has 1 atom stereocenters. The molecule has 1 N–H and O–H groups in total. The molecule has 1 aliphatic rings. The fourth-order valence-electron chi connectivity index (χ4n) is 3.11. The van der Waals surface area contributed by atoms with Gasteiger partial charge in [0.1, 0.15) is 24.4 Å². The van der Waals surface area contributed by atoms with Gasteiger partial charge in [0.25, 0.3) is 0 Å². The normalized spacial score (nSPS) is 16.4. The quantitative estimate of drug-likeness (QED) is 0.753. The number of nitriles is 1. The molecule has 2 rings (SSSR count). The highest BCUT2D eigenvalue weighted by molar-refractivity contribution is 6.00. The van der Waals surface area contributed by atoms with E-state index >= 15 is 0 Å². The van der Waals surface area contributed by atoms with Crippen LogP contribution in [0.1, 0.15) is 37.8 Å². The van der Waals surface area contributed by atoms with Crippen LogP contribution < -0.4 is 5.32 Å². The zero-order valence-electron chi connectivity index (χ0n) is 16.2. The molecule has 0 amide bonds. The van der Waals surface area contributed by atoms with Crippen molar-refractivity contribution in [3.63, 3.8) is 0 Å². The Morgan fingerprint density at radius 3 is 2.41 bits per heavy atom. The highest BCUT2D eigenvalue weighted by Crippen LogP contribution is 2.42. The fraction of sp³-hybridized carbons (Fsp3) is 0.350. The van der Waals surface area contributed by atoms with E-state index < -0.39 is 59.0 Å². The van der Waals surface area contributed by atoms with E-state index in [9.17, 15) is 22.8 Å². The number of carbonyl (C=O) groups excluding carboxylic acids is 2. The molecule has 0 aliphatic carbocycles. The summed E-state index contributed by atoms with van der Waals surface area (Å²) in [5.41, 5.74) is -2.26. The molecule has 1 aromatic carbocycles. The molecule has 6 nitrogen and oxygen atoms in total. The summed E-state index contributed by atoms with van der Waals surface area (Å²) in [5.74, 6) is -6.08. The lowest BCUT2D eigenvalue weighted by Crippen LogP contribution is -2.35. The number of hydrogen-bond acceptors (Lipinski definition) is 6. The number of benzene rings is 1. The van der Waals surface area contributed by atoms with Crippen LogP contribution >= 0.6 is 0 Å². The van der Waals surface area contributed by atoms with E-state index in [4.69, 9.17) is 10.00 Å². The summed E-state index contributed by atoms with van der Waals surface area (Å²) >= 11 is 0. The van der Waals surface area contributed by atoms with Crippen LogP contribution in [0.5, 0.6) is 0 Å². The predicted octanol–water partition coefficient (Wildman–Crippen LogP) is 3.15. The predicted molar refractivity (Wildman–Crippen MR) is 95.9 cm³/mol. The van der Waals surface area contributed by atoms with Crippen molar-refractivity contribution in [1.29, 1.82) is 5.26 Å². The largest absolute Gasteiger partial charge is 0.466 e. The lowest BCUT2D eigenvalue weighted by atomic mass is 9.79. The number of carbonyl (C=O) groups is 2. The van der Waals surface area contributed by atoms with Gasteiger partial charge >= 0.3 is 11.9 Å². The minimum atomic E-state index is -1.67. The minimum Gasteiger partial charge on any atom is -0.466 e. The molecule has 1 aliphatic heterocycles. The molecule has 0 saturated heterocycles. The Balaban J connectivity index is 2.88. The van der Waals surface area contributed by atoms with Gasteiger partial charge in [-0.25, -0.2) is 22.8 Å². The molecule has 0 bridgehead atoms. The molecule has 29 heavy (non-hydrogen) atoms. The number of rotatable bonds is 5. The second-order valence-electron chi connectivity index (χ2n) is 6.50. The van der Waals surface area contributed by atoms with Gasteiger partial charge in [-0.3, -0.25) is 0 Å². The van der Waals surface area contributed by atoms with Gasteiger partial charge in [-0.1, -0.05) is 0 Å². The van der Waals surface area contributed by atoms with E-state index in [1.165, 1.54) is 6.92 Å². The molecule has 0 aromatic heterocycles. The minimum absolute atomic E-state index is 0.0575. The SMILES string of the molecule is COC(=O)C1=C(CF)NC(C)=C(C(=O)OC(C)C)C1c1c(F)ccc(C#N)c1F. The molecular weight excluding hydrogens is 389 g/mol. The van der Waals surface area contributed by atoms with E-state index in [0.29, 0.717) is 0 Å². The smallest absolute Gasteiger partial charge is 0.337 e. The number of nitrogens with one attached hydrogen (secondary N) is 1. The molecule has 0 fully saturated rings. The summed E-state index contributed by atoms with van der Waals surface area (Å²) in [6, 6.07) is 3.34. The number of dihydropyridines is 1. The lowest BCUT2D eigenvalue weighted by molar-refractivity contribution is -0.143. The van der Waals surface area contributed by atoms with Crippen molar-refractivity contribution in [3.8, 4) is 6.07 Å². The van der Waals surface area contributed by atoms with Crippen LogP contribution in [0.2, 0.25) is 0 Å². The van der Waals surface area contributed by atoms with E-state index in [0.717, 1.165) is 19.2 Å². The summed E-state index contributed by atoms with van der Waals surface area (Å²) in [7, 11) is 1.01. The number of nitrogens with zero attached hydrogens (tertiary/aromatic N) is 1. The number of ether oxygens (including phenoxy) is 2. The Morgan fingerprint density at radius 2 is 1.90 bits per heavy atom. The van der Waals surface area contributed by atoms with Gasteiger partial charge in [-0.05, 0) is 32.9 Å². The standard InChI is InChI=1S/C20H19F3N2O4/c1-9(2)29-20(27)14-10(3)25-13(7-21)16(19(26)28-4)17(14)15-12(22)6-5-11(8-24)18(15)23/h5-6,9,17,25H,7H2,1-4H3. The number of halogens is 3. The second-order valence-corrected chi connectivity index (χ2v) is 6.50. The zero-order valence-corrected chi connectivity index (χ0v) is 16.2. The Labute approximate surface area is 165 Å². The average Bonchev–Trinajstić information content (AvgIpc) is 2.66. The molecule has 0 spiro atoms. The summed E-state index contributed by atoms with van der Waals surface area (Å²) in [6.07, 6.45) is -0.572. The van der Waals surface area contributed by atoms with Gasteiger partial charge < -0.3 is 14.8 Å². The van der Waals surface area contributed by atoms with Crippen molar-refractivity contribution in [1.82, 2.24) is 5.32 Å². The summed E-state index contributed by atoms with van der Waals surface area (Å²) in [5, 5.41) is 11.7. The van der Waals surface area contributed by atoms with Gasteiger partial charge in [0.2, 0.25) is 0 Å². The van der Waals surface area contributed by atoms with Gasteiger partial charge in [-0.2, -0.15) is 5.26 Å². The first-order valence-corrected chi connectivity index (χ1v) is 8.61. The molecule has 9 heteroatoms. The van der Waals surface area contributed by atoms with Crippen LogP contribution in [-0.2, 0) is 19.1 Å². The molecule has 1 unspecified atom stereocenters. The third kappa shape index (κ3) is 4.11. The van der Waals surface area contributed by atoms with Gasteiger partial charge in [0.05, 0.1) is 41.5 Å². The topological polar surface area (TPSA) is 88.4 Å². The number of esters is 2. The van der Waals surface area contributed by atoms with Crippen LogP contribution in [-0.4, -0.2) is 31.8 Å². The number of methoxy groups -OCH3 is 1. The van der Waals surface area contributed by atoms with Crippen molar-refractivity contribution in [2.45, 2.75) is 32.8 Å². The fourth-order valence-corrected chi connectivity index (χ4v) is 3.11. The summed E-state index contributed by atoms with van der Waals surface area (Å²) in [6.45, 7) is 3.34. The maximum atomic E-state index is 15.0. The van der Waals surface area contributed by atoms with E-state index in [1.807, 2.05) is 0 Å². The van der Waals surface area contributed by atoms with E-state index in [2.05, 4.69) is 10.1 Å². The van der Waals surface area contributed by atoms with Crippen LogP contribution in [0.4, 0.5) is 13.2 Å². The molecule has 0 saturated carbocycles. The monoisotopic (exact) mass is 408 g/mol. The van der Waals surface area contributed by atoms with E-state index in [-0.39, 0.29) is 17.0 Å². The first kappa shape index (κ1) is 22.0. The summed E-state index contributed by atoms with van der Waals surface area (Å²) < 4.78 is 53.2. The van der Waals surface area contributed by atoms with Crippen molar-refractivity contribution in [2.24, 2.45) is 0 Å². The van der Waals surface area contributed by atoms with Crippen molar-refractivity contribution < 1.29 is 32.2 Å². The van der Waals surface area contributed by atoms with Crippen LogP contribution in [0.25, 0.3) is 0 Å². The van der Waals surface area contributed by atoms with Crippen molar-refractivity contribution in [3.05, 3.63) is 57.4 Å². The number of alkyl halides is 1. The maximum absolute atomic E-state index is 15.0. The van der Waals surface area contributed by atoms with Crippen LogP contribution in [0.3, 0.4) is 0 Å². The Hall–Kier alpha value is -3.28. The third-order valence-corrected chi connectivity index (χ3v) is 4.28. The Morgan fingerprint density at radius 1 is 1.24 bits per heavy atom. The highest BCUT2D eigenvalue weighted by atomic mass is 19.1. The zero-order chi connectivity index (χ0) is 21.9. The summed E-state index contributed by atoms with van der Waals surface area (Å²) in [4.78, 5) is 25.2. The van der Waals surface area contributed by atoms with Gasteiger partial charge in [0.15, 0.2) is 0 Å². The Bertz CT molecular complexity index is 961. The number of allylic oxidation sites excluding steroid dienone is 2. The van der Waals surface area contributed by atoms with E-state index in [1.54, 1.807) is 19.9 Å². The first-order valence-electron chi connectivity index (χ1n) is 8.61. The molecule has 154 valence electrons. The van der Waals surface area contributed by atoms with Crippen molar-refractivity contribution in [2.75, 3.05) is 13.8 Å². The van der Waals surface area contributed by atoms with Crippen LogP contribution in [0.15, 0.2) is 34.7 Å². The lowest BCUT2D eigenvalue weighted by Gasteiger charge is -2.31. The second kappa shape index (κ2) is 8.82. The first-order chi connectivity index (χ1) is 13.7. The van der Waals surface area contributed by atoms with Gasteiger partial charge in [0, 0.05) is 11.3 Å². The average molecular weight is 408 g/mol. The Kier molecular flexibility index (Phi) is 6.69. The number of hydrogen-bond donors (Lipinski definition) is 1. The third-order valence-electron chi connectivity index (χ3n) is 4.28. The van der Waals surface area contributed by atoms with Crippen molar-refractivity contribution >= 4 is 11.9 Å².